The van der Waals surface area contributed by atoms with Crippen LogP contribution in [-0.2, 0) is 14.3 Å². The molecular formula is C26H33N7O3. The van der Waals surface area contributed by atoms with Crippen molar-refractivity contribution in [3.8, 4) is 6.07 Å². The van der Waals surface area contributed by atoms with Crippen molar-refractivity contribution in [1.82, 2.24) is 19.8 Å². The molecule has 0 saturated carbocycles. The highest BCUT2D eigenvalue weighted by Crippen LogP contribution is 2.31. The fraction of sp³-hybridized carbons (Fsp3) is 0.500. The van der Waals surface area contributed by atoms with E-state index in [0.29, 0.717) is 35.3 Å². The molecular weight excluding hydrogens is 458 g/mol. The van der Waals surface area contributed by atoms with Crippen molar-refractivity contribution in [2.45, 2.75) is 25.3 Å². The number of pyridine rings is 1. The molecule has 36 heavy (non-hydrogen) atoms. The first-order valence-electron chi connectivity index (χ1n) is 12.5. The smallest absolute Gasteiger partial charge is 0.229 e. The Balaban J connectivity index is 1.24. The Morgan fingerprint density at radius 3 is 2.75 bits per heavy atom. The van der Waals surface area contributed by atoms with Crippen LogP contribution < -0.4 is 10.6 Å². The van der Waals surface area contributed by atoms with Crippen LogP contribution >= 0.6 is 0 Å². The van der Waals surface area contributed by atoms with E-state index >= 15 is 0 Å². The van der Waals surface area contributed by atoms with Crippen molar-refractivity contribution in [1.29, 1.82) is 5.26 Å². The topological polar surface area (TPSA) is 119 Å². The standard InChI is InChI=1S/C26H33N7O3/c1-28-21-14-23(31-25-24(21)18(15-27)16-29-25)30-20-4-3-17(13-22(20)35-2)26(34)33-7-5-19(6-8-33)32-9-11-36-12-10-32/h4,13-14,16-17,19H,3,5-12H2,1-2H3,(H3,28,29,30,31). The van der Waals surface area contributed by atoms with Crippen molar-refractivity contribution in [2.24, 2.45) is 5.92 Å². The van der Waals surface area contributed by atoms with Crippen LogP contribution in [0.5, 0.6) is 0 Å². The molecule has 0 bridgehead atoms. The van der Waals surface area contributed by atoms with Gasteiger partial charge in [0.25, 0.3) is 0 Å². The second-order valence-electron chi connectivity index (χ2n) is 9.37. The van der Waals surface area contributed by atoms with Gasteiger partial charge in [-0.1, -0.05) is 6.08 Å². The maximum atomic E-state index is 13.3. The summed E-state index contributed by atoms with van der Waals surface area (Å²) in [6.45, 7) is 5.17. The molecule has 10 heteroatoms. The average Bonchev–Trinajstić information content (AvgIpc) is 3.36. The highest BCUT2D eigenvalue weighted by atomic mass is 16.5. The lowest BCUT2D eigenvalue weighted by Crippen LogP contribution is -2.50. The SMILES string of the molecule is CNc1cc(NC2=CCC(C(=O)N3CCC(N4CCOCC4)CC3)C=C2OC)nc2[nH]cc(C#N)c12. The summed E-state index contributed by atoms with van der Waals surface area (Å²) < 4.78 is 11.1. The minimum atomic E-state index is -0.240. The molecule has 2 aliphatic heterocycles. The summed E-state index contributed by atoms with van der Waals surface area (Å²) in [5.41, 5.74) is 2.73. The number of aromatic nitrogens is 2. The molecule has 0 radical (unpaired) electrons. The minimum Gasteiger partial charge on any atom is -0.495 e. The van der Waals surface area contributed by atoms with Gasteiger partial charge >= 0.3 is 0 Å². The Labute approximate surface area is 210 Å². The number of fused-ring (bicyclic) bond motifs is 1. The fourth-order valence-electron chi connectivity index (χ4n) is 5.40. The monoisotopic (exact) mass is 491 g/mol. The lowest BCUT2D eigenvalue weighted by molar-refractivity contribution is -0.135. The Hall–Kier alpha value is -3.55. The fourth-order valence-corrected chi connectivity index (χ4v) is 5.40. The number of morpholine rings is 1. The van der Waals surface area contributed by atoms with Gasteiger partial charge in [0.15, 0.2) is 0 Å². The molecule has 1 unspecified atom stereocenters. The van der Waals surface area contributed by atoms with Crippen LogP contribution in [0.15, 0.2) is 35.9 Å². The van der Waals surface area contributed by atoms with E-state index in [9.17, 15) is 10.1 Å². The molecule has 2 saturated heterocycles. The molecule has 1 aliphatic carbocycles. The molecule has 0 spiro atoms. The van der Waals surface area contributed by atoms with E-state index in [1.54, 1.807) is 13.3 Å². The molecule has 1 amide bonds. The van der Waals surface area contributed by atoms with Crippen LogP contribution in [0.4, 0.5) is 11.5 Å². The van der Waals surface area contributed by atoms with Crippen LogP contribution in [0.3, 0.4) is 0 Å². The van der Waals surface area contributed by atoms with Gasteiger partial charge in [-0.15, -0.1) is 0 Å². The summed E-state index contributed by atoms with van der Waals surface area (Å²) in [6.07, 6.45) is 8.19. The number of carbonyl (C=O) groups excluding carboxylic acids is 1. The van der Waals surface area contributed by atoms with Gasteiger partial charge in [0.2, 0.25) is 5.91 Å². The number of allylic oxidation sites excluding steroid dienone is 1. The zero-order chi connectivity index (χ0) is 25.1. The molecule has 2 fully saturated rings. The third-order valence-corrected chi connectivity index (χ3v) is 7.36. The van der Waals surface area contributed by atoms with Gasteiger partial charge in [0.05, 0.1) is 42.9 Å². The number of nitriles is 1. The normalized spacial score (nSPS) is 21.5. The van der Waals surface area contributed by atoms with Gasteiger partial charge < -0.3 is 30.0 Å². The summed E-state index contributed by atoms with van der Waals surface area (Å²) in [7, 11) is 3.43. The number of amides is 1. The average molecular weight is 492 g/mol. The van der Waals surface area contributed by atoms with Crippen molar-refractivity contribution < 1.29 is 14.3 Å². The highest BCUT2D eigenvalue weighted by molar-refractivity contribution is 5.96. The predicted molar refractivity (Wildman–Crippen MR) is 137 cm³/mol. The first kappa shape index (κ1) is 24.2. The summed E-state index contributed by atoms with van der Waals surface area (Å²) >= 11 is 0. The molecule has 3 aliphatic rings. The molecule has 1 atom stereocenters. The van der Waals surface area contributed by atoms with Gasteiger partial charge in [0.1, 0.15) is 23.3 Å². The highest BCUT2D eigenvalue weighted by Gasteiger charge is 2.31. The number of hydrogen-bond acceptors (Lipinski definition) is 8. The minimum absolute atomic E-state index is 0.160. The van der Waals surface area contributed by atoms with Crippen LogP contribution in [0.1, 0.15) is 24.8 Å². The second kappa shape index (κ2) is 10.6. The number of hydrogen-bond donors (Lipinski definition) is 3. The van der Waals surface area contributed by atoms with Crippen LogP contribution in [0.2, 0.25) is 0 Å². The number of carbonyl (C=O) groups is 1. The zero-order valence-electron chi connectivity index (χ0n) is 20.8. The number of piperidine rings is 1. The Morgan fingerprint density at radius 1 is 1.28 bits per heavy atom. The Morgan fingerprint density at radius 2 is 2.06 bits per heavy atom. The molecule has 10 nitrogen and oxygen atoms in total. The molecule has 0 aromatic carbocycles. The number of nitrogens with zero attached hydrogens (tertiary/aromatic N) is 4. The van der Waals surface area contributed by atoms with E-state index in [-0.39, 0.29) is 11.8 Å². The lowest BCUT2D eigenvalue weighted by Gasteiger charge is -2.40. The van der Waals surface area contributed by atoms with Crippen molar-refractivity contribution in [2.75, 3.05) is 64.2 Å². The van der Waals surface area contributed by atoms with E-state index in [2.05, 4.69) is 31.6 Å². The van der Waals surface area contributed by atoms with Crippen LogP contribution in [0, 0.1) is 17.2 Å². The Kier molecular flexibility index (Phi) is 7.11. The number of nitrogens with one attached hydrogen (secondary N) is 3. The summed E-state index contributed by atoms with van der Waals surface area (Å²) in [6, 6.07) is 4.59. The summed E-state index contributed by atoms with van der Waals surface area (Å²) in [5, 5.41) is 16.6. The number of likely N-dealkylation sites (tertiary alicyclic amines) is 1. The molecule has 4 heterocycles. The molecule has 5 rings (SSSR count). The third kappa shape index (κ3) is 4.76. The number of H-pyrrole nitrogens is 1. The van der Waals surface area contributed by atoms with Gasteiger partial charge in [-0.2, -0.15) is 5.26 Å². The number of anilines is 2. The summed E-state index contributed by atoms with van der Waals surface area (Å²) in [5.74, 6) is 1.16. The number of aromatic amines is 1. The number of rotatable bonds is 6. The second-order valence-corrected chi connectivity index (χ2v) is 9.37. The molecule has 2 aromatic heterocycles. The van der Waals surface area contributed by atoms with E-state index in [4.69, 9.17) is 9.47 Å². The quantitative estimate of drug-likeness (QED) is 0.564. The third-order valence-electron chi connectivity index (χ3n) is 7.36. The van der Waals surface area contributed by atoms with Gasteiger partial charge in [0, 0.05) is 57.2 Å². The van der Waals surface area contributed by atoms with Crippen molar-refractivity contribution >= 4 is 28.4 Å². The van der Waals surface area contributed by atoms with E-state index < -0.39 is 0 Å². The van der Waals surface area contributed by atoms with E-state index in [0.717, 1.165) is 69.0 Å². The van der Waals surface area contributed by atoms with Crippen molar-refractivity contribution in [3.05, 3.63) is 41.4 Å². The molecule has 3 N–H and O–H groups in total. The largest absolute Gasteiger partial charge is 0.495 e. The van der Waals surface area contributed by atoms with Gasteiger partial charge in [-0.05, 0) is 25.3 Å². The molecule has 190 valence electrons. The van der Waals surface area contributed by atoms with Gasteiger partial charge in [-0.25, -0.2) is 4.98 Å². The van der Waals surface area contributed by atoms with Crippen molar-refractivity contribution in [3.63, 3.8) is 0 Å². The zero-order valence-corrected chi connectivity index (χ0v) is 20.8. The first-order valence-corrected chi connectivity index (χ1v) is 12.5. The number of ether oxygens (including phenoxy) is 2. The van der Waals surface area contributed by atoms with Crippen LogP contribution in [-0.4, -0.2) is 85.3 Å². The first-order chi connectivity index (χ1) is 17.6. The predicted octanol–water partition coefficient (Wildman–Crippen LogP) is 2.65. The van der Waals surface area contributed by atoms with E-state index in [1.165, 1.54) is 0 Å². The molecule has 2 aromatic rings. The maximum Gasteiger partial charge on any atom is 0.229 e. The van der Waals surface area contributed by atoms with Crippen LogP contribution in [0.25, 0.3) is 11.0 Å². The van der Waals surface area contributed by atoms with Gasteiger partial charge in [-0.3, -0.25) is 9.69 Å². The maximum absolute atomic E-state index is 13.3. The lowest BCUT2D eigenvalue weighted by atomic mass is 9.94. The summed E-state index contributed by atoms with van der Waals surface area (Å²) in [4.78, 5) is 25.5. The Bertz CT molecular complexity index is 1210. The van der Waals surface area contributed by atoms with E-state index in [1.807, 2.05) is 30.2 Å². The number of methoxy groups -OCH3 is 1.